The van der Waals surface area contributed by atoms with E-state index in [1.165, 1.54) is 86.5 Å². The normalized spacial score (nSPS) is 11.3. The summed E-state index contributed by atoms with van der Waals surface area (Å²) in [6, 6.07) is 25.4. The molecule has 0 N–H and O–H groups in total. The zero-order valence-electron chi connectivity index (χ0n) is 26.9. The van der Waals surface area contributed by atoms with Crippen LogP contribution < -0.4 is 9.47 Å². The molecule has 0 saturated heterocycles. The second-order valence-corrected chi connectivity index (χ2v) is 11.6. The van der Waals surface area contributed by atoms with Gasteiger partial charge in [0.2, 0.25) is 0 Å². The van der Waals surface area contributed by atoms with Crippen LogP contribution in [0.1, 0.15) is 112 Å². The van der Waals surface area contributed by atoms with Crippen LogP contribution in [0, 0.1) is 0 Å². The Balaban J connectivity index is 1.31. The topological polar surface area (TPSA) is 18.5 Å². The summed E-state index contributed by atoms with van der Waals surface area (Å²) in [4.78, 5) is 0. The van der Waals surface area contributed by atoms with E-state index < -0.39 is 0 Å². The van der Waals surface area contributed by atoms with Gasteiger partial charge in [-0.3, -0.25) is 0 Å². The van der Waals surface area contributed by atoms with E-state index in [2.05, 4.69) is 110 Å². The number of hydrogen-bond donors (Lipinski definition) is 0. The molecule has 0 spiro atoms. The van der Waals surface area contributed by atoms with Gasteiger partial charge in [-0.2, -0.15) is 0 Å². The van der Waals surface area contributed by atoms with Crippen LogP contribution in [0.4, 0.5) is 0 Å². The van der Waals surface area contributed by atoms with Crippen molar-refractivity contribution in [2.75, 3.05) is 13.2 Å². The monoisotopic (exact) mass is 590 g/mol. The van der Waals surface area contributed by atoms with Gasteiger partial charge < -0.3 is 9.47 Å². The van der Waals surface area contributed by atoms with Gasteiger partial charge in [-0.05, 0) is 85.0 Å². The van der Waals surface area contributed by atoms with Gasteiger partial charge >= 0.3 is 0 Å². The second kappa shape index (κ2) is 22.7. The van der Waals surface area contributed by atoms with E-state index in [4.69, 9.17) is 9.47 Å². The van der Waals surface area contributed by atoms with Crippen molar-refractivity contribution in [3.8, 4) is 11.5 Å². The summed E-state index contributed by atoms with van der Waals surface area (Å²) in [5, 5.41) is 0. The van der Waals surface area contributed by atoms with Crippen molar-refractivity contribution >= 4 is 24.3 Å². The van der Waals surface area contributed by atoms with Crippen molar-refractivity contribution in [2.45, 2.75) is 89.9 Å². The first kappa shape index (κ1) is 34.7. The maximum Gasteiger partial charge on any atom is 0.119 e. The highest BCUT2D eigenvalue weighted by atomic mass is 16.5. The van der Waals surface area contributed by atoms with Gasteiger partial charge in [-0.1, -0.05) is 136 Å². The molecule has 3 rings (SSSR count). The predicted molar refractivity (Wildman–Crippen MR) is 193 cm³/mol. The van der Waals surface area contributed by atoms with E-state index in [-0.39, 0.29) is 0 Å². The highest BCUT2D eigenvalue weighted by Gasteiger charge is 1.98. The number of benzene rings is 3. The number of allylic oxidation sites excluding steroid dienone is 2. The molecule has 0 aliphatic carbocycles. The number of rotatable bonds is 24. The average Bonchev–Trinajstić information content (AvgIpc) is 3.06. The third kappa shape index (κ3) is 15.6. The van der Waals surface area contributed by atoms with Crippen LogP contribution in [0.2, 0.25) is 0 Å². The Morgan fingerprint density at radius 3 is 0.955 bits per heavy atom. The summed E-state index contributed by atoms with van der Waals surface area (Å²) >= 11 is 0. The molecule has 2 heteroatoms. The van der Waals surface area contributed by atoms with Crippen LogP contribution in [0.5, 0.6) is 11.5 Å². The Morgan fingerprint density at radius 1 is 0.364 bits per heavy atom. The lowest BCUT2D eigenvalue weighted by Crippen LogP contribution is -1.97. The Morgan fingerprint density at radius 2 is 0.636 bits per heavy atom. The van der Waals surface area contributed by atoms with Crippen LogP contribution in [-0.2, 0) is 0 Å². The first-order valence-corrected chi connectivity index (χ1v) is 16.9. The van der Waals surface area contributed by atoms with E-state index in [1.807, 2.05) is 12.2 Å². The van der Waals surface area contributed by atoms with Gasteiger partial charge in [0, 0.05) is 0 Å². The Bertz CT molecular complexity index is 1120. The van der Waals surface area contributed by atoms with E-state index in [0.717, 1.165) is 50.4 Å². The SMILES string of the molecule is C=CCCCCCCCCOc1ccc(/C=C/c2ccc(/C=C/c3ccc(OCCCCCCCCC=C)cc3)cc2)cc1. The Kier molecular flexibility index (Phi) is 17.9. The van der Waals surface area contributed by atoms with Crippen LogP contribution in [0.15, 0.2) is 98.1 Å². The number of ether oxygens (including phenoxy) is 2. The first-order valence-electron chi connectivity index (χ1n) is 16.9. The molecule has 0 atom stereocenters. The Labute approximate surface area is 268 Å². The van der Waals surface area contributed by atoms with E-state index in [9.17, 15) is 0 Å². The minimum Gasteiger partial charge on any atom is -0.494 e. The van der Waals surface area contributed by atoms with Crippen LogP contribution in [0.25, 0.3) is 24.3 Å². The molecule has 0 saturated carbocycles. The lowest BCUT2D eigenvalue weighted by Gasteiger charge is -2.06. The average molecular weight is 591 g/mol. The van der Waals surface area contributed by atoms with E-state index >= 15 is 0 Å². The van der Waals surface area contributed by atoms with Gasteiger partial charge in [-0.15, -0.1) is 13.2 Å². The van der Waals surface area contributed by atoms with Crippen molar-refractivity contribution in [1.29, 1.82) is 0 Å². The smallest absolute Gasteiger partial charge is 0.119 e. The summed E-state index contributed by atoms with van der Waals surface area (Å²) in [5.41, 5.74) is 4.70. The molecule has 0 fully saturated rings. The molecule has 2 nitrogen and oxygen atoms in total. The lowest BCUT2D eigenvalue weighted by atomic mass is 10.1. The van der Waals surface area contributed by atoms with Crippen LogP contribution in [-0.4, -0.2) is 13.2 Å². The fourth-order valence-electron chi connectivity index (χ4n) is 5.03. The molecule has 0 amide bonds. The van der Waals surface area contributed by atoms with Crippen molar-refractivity contribution in [3.05, 3.63) is 120 Å². The summed E-state index contributed by atoms with van der Waals surface area (Å²) < 4.78 is 11.9. The minimum absolute atomic E-state index is 0.792. The fourth-order valence-corrected chi connectivity index (χ4v) is 5.03. The summed E-state index contributed by atoms with van der Waals surface area (Å²) in [6.45, 7) is 9.15. The molecule has 0 aliphatic heterocycles. The third-order valence-electron chi connectivity index (χ3n) is 7.78. The maximum atomic E-state index is 5.93. The van der Waals surface area contributed by atoms with Gasteiger partial charge in [0.1, 0.15) is 11.5 Å². The highest BCUT2D eigenvalue weighted by Crippen LogP contribution is 2.18. The van der Waals surface area contributed by atoms with Gasteiger partial charge in [0.05, 0.1) is 13.2 Å². The molecule has 0 aliphatic rings. The predicted octanol–water partition coefficient (Wildman–Crippen LogP) is 12.6. The standard InChI is InChI=1S/C42H54O2/c1-3-5-7-9-11-13-15-17-35-43-41-31-27-39(28-32-41)25-23-37-19-21-38(22-20-37)24-26-40-29-33-42(34-30-40)44-36-18-16-14-12-10-8-6-4-2/h3-4,19-34H,1-2,5-18,35-36H2/b25-23+,26-24+. The number of unbranched alkanes of at least 4 members (excludes halogenated alkanes) is 12. The molecular weight excluding hydrogens is 536 g/mol. The second-order valence-electron chi connectivity index (χ2n) is 11.6. The molecule has 44 heavy (non-hydrogen) atoms. The maximum absolute atomic E-state index is 5.93. The van der Waals surface area contributed by atoms with Crippen molar-refractivity contribution in [3.63, 3.8) is 0 Å². The molecule has 0 bridgehead atoms. The van der Waals surface area contributed by atoms with Crippen molar-refractivity contribution in [2.24, 2.45) is 0 Å². The van der Waals surface area contributed by atoms with Crippen LogP contribution in [0.3, 0.4) is 0 Å². The fraction of sp³-hybridized carbons (Fsp3) is 0.381. The molecule has 0 aromatic heterocycles. The summed E-state index contributed by atoms with van der Waals surface area (Å²) in [5.74, 6) is 1.89. The van der Waals surface area contributed by atoms with Crippen molar-refractivity contribution < 1.29 is 9.47 Å². The Hall–Kier alpha value is -3.78. The van der Waals surface area contributed by atoms with Gasteiger partial charge in [0.15, 0.2) is 0 Å². The molecule has 0 heterocycles. The molecular formula is C42H54O2. The molecule has 3 aromatic rings. The number of hydrogen-bond acceptors (Lipinski definition) is 2. The third-order valence-corrected chi connectivity index (χ3v) is 7.78. The lowest BCUT2D eigenvalue weighted by molar-refractivity contribution is 0.304. The molecule has 3 aromatic carbocycles. The minimum atomic E-state index is 0.792. The van der Waals surface area contributed by atoms with Gasteiger partial charge in [-0.25, -0.2) is 0 Å². The summed E-state index contributed by atoms with van der Waals surface area (Å²) in [7, 11) is 0. The zero-order valence-corrected chi connectivity index (χ0v) is 26.9. The van der Waals surface area contributed by atoms with Crippen LogP contribution >= 0.6 is 0 Å². The zero-order chi connectivity index (χ0) is 30.9. The van der Waals surface area contributed by atoms with Crippen molar-refractivity contribution in [1.82, 2.24) is 0 Å². The largest absolute Gasteiger partial charge is 0.494 e. The highest BCUT2D eigenvalue weighted by molar-refractivity contribution is 5.73. The van der Waals surface area contributed by atoms with E-state index in [0.29, 0.717) is 0 Å². The molecule has 0 radical (unpaired) electrons. The molecule has 234 valence electrons. The molecule has 0 unspecified atom stereocenters. The summed E-state index contributed by atoms with van der Waals surface area (Å²) in [6.07, 6.45) is 30.0. The quantitative estimate of drug-likeness (QED) is 0.0587. The van der Waals surface area contributed by atoms with Gasteiger partial charge in [0.25, 0.3) is 0 Å². The first-order chi connectivity index (χ1) is 21.8. The van der Waals surface area contributed by atoms with E-state index in [1.54, 1.807) is 0 Å².